The molecule has 0 saturated carbocycles. The van der Waals surface area contributed by atoms with Crippen LogP contribution in [-0.4, -0.2) is 42.8 Å². The number of aromatic amines is 1. The summed E-state index contributed by atoms with van der Waals surface area (Å²) >= 11 is 0. The van der Waals surface area contributed by atoms with Crippen LogP contribution >= 0.6 is 0 Å². The number of H-pyrrole nitrogens is 1. The lowest BCUT2D eigenvalue weighted by molar-refractivity contribution is 0.406. The maximum atomic E-state index is 4.76. The molecule has 0 spiro atoms. The standard InChI is InChI=1S/C20H23N7/c1-13-18-19(26(2)25-13)21-12-22-20(18)27-9-5-6-14(11-27)10-17-23-15-7-3-4-8-16(15)24-17/h3-4,7-8,12,14H,5-6,9-11H2,1-2H3,(H,23,24)/t14-/m1/s1. The van der Waals surface area contributed by atoms with Crippen molar-refractivity contribution >= 4 is 27.9 Å². The topological polar surface area (TPSA) is 75.5 Å². The number of anilines is 1. The lowest BCUT2D eigenvalue weighted by Crippen LogP contribution is -2.37. The summed E-state index contributed by atoms with van der Waals surface area (Å²) in [6.07, 6.45) is 5.00. The molecule has 1 N–H and O–H groups in total. The van der Waals surface area contributed by atoms with E-state index in [2.05, 4.69) is 37.1 Å². The summed E-state index contributed by atoms with van der Waals surface area (Å²) < 4.78 is 1.84. The normalized spacial score (nSPS) is 17.9. The summed E-state index contributed by atoms with van der Waals surface area (Å²) in [5.41, 5.74) is 4.05. The quantitative estimate of drug-likeness (QED) is 0.607. The number of rotatable bonds is 3. The van der Waals surface area contributed by atoms with E-state index in [4.69, 9.17) is 4.98 Å². The molecule has 7 heteroatoms. The number of hydrogen-bond donors (Lipinski definition) is 1. The Kier molecular flexibility index (Phi) is 3.81. The van der Waals surface area contributed by atoms with Gasteiger partial charge in [0.1, 0.15) is 18.0 Å². The van der Waals surface area contributed by atoms with Gasteiger partial charge in [0.25, 0.3) is 0 Å². The zero-order valence-electron chi connectivity index (χ0n) is 15.7. The lowest BCUT2D eigenvalue weighted by atomic mass is 9.94. The summed E-state index contributed by atoms with van der Waals surface area (Å²) in [6.45, 7) is 4.04. The average Bonchev–Trinajstić information content (AvgIpc) is 3.22. The highest BCUT2D eigenvalue weighted by molar-refractivity contribution is 5.89. The third kappa shape index (κ3) is 2.83. The van der Waals surface area contributed by atoms with Crippen LogP contribution in [0.5, 0.6) is 0 Å². The molecule has 0 bridgehead atoms. The van der Waals surface area contributed by atoms with Gasteiger partial charge in [-0.15, -0.1) is 0 Å². The predicted molar refractivity (Wildman–Crippen MR) is 106 cm³/mol. The van der Waals surface area contributed by atoms with Crippen LogP contribution in [0.1, 0.15) is 24.4 Å². The van der Waals surface area contributed by atoms with E-state index in [1.54, 1.807) is 6.33 Å². The number of para-hydroxylation sites is 2. The Morgan fingerprint density at radius 2 is 2.11 bits per heavy atom. The third-order valence-electron chi connectivity index (χ3n) is 5.51. The highest BCUT2D eigenvalue weighted by atomic mass is 15.3. The number of imidazole rings is 1. The van der Waals surface area contributed by atoms with Gasteiger partial charge >= 0.3 is 0 Å². The van der Waals surface area contributed by atoms with Gasteiger partial charge in [-0.1, -0.05) is 12.1 Å². The number of nitrogens with one attached hydrogen (secondary N) is 1. The minimum atomic E-state index is 0.557. The van der Waals surface area contributed by atoms with Crippen LogP contribution < -0.4 is 4.90 Å². The van der Waals surface area contributed by atoms with E-state index in [0.717, 1.165) is 65.3 Å². The van der Waals surface area contributed by atoms with Gasteiger partial charge < -0.3 is 9.88 Å². The van der Waals surface area contributed by atoms with Crippen molar-refractivity contribution in [1.29, 1.82) is 0 Å². The number of nitrogens with zero attached hydrogens (tertiary/aromatic N) is 6. The first-order chi connectivity index (χ1) is 13.2. The molecule has 1 saturated heterocycles. The maximum Gasteiger partial charge on any atom is 0.163 e. The van der Waals surface area contributed by atoms with Crippen LogP contribution in [0, 0.1) is 12.8 Å². The van der Waals surface area contributed by atoms with Gasteiger partial charge in [0.2, 0.25) is 0 Å². The van der Waals surface area contributed by atoms with Crippen molar-refractivity contribution < 1.29 is 0 Å². The SMILES string of the molecule is Cc1nn(C)c2ncnc(N3CCC[C@H](Cc4nc5ccccc5[nH]4)C3)c12. The molecule has 1 aliphatic heterocycles. The fourth-order valence-corrected chi connectivity index (χ4v) is 4.30. The van der Waals surface area contributed by atoms with E-state index >= 15 is 0 Å². The molecule has 0 unspecified atom stereocenters. The Morgan fingerprint density at radius 1 is 1.22 bits per heavy atom. The van der Waals surface area contributed by atoms with Crippen molar-refractivity contribution in [2.45, 2.75) is 26.2 Å². The summed E-state index contributed by atoms with van der Waals surface area (Å²) in [4.78, 5) is 19.7. The summed E-state index contributed by atoms with van der Waals surface area (Å²) in [5, 5.41) is 5.60. The van der Waals surface area contributed by atoms with E-state index in [1.165, 1.54) is 6.42 Å². The molecule has 4 aromatic rings. The molecule has 138 valence electrons. The average molecular weight is 361 g/mol. The van der Waals surface area contributed by atoms with Gasteiger partial charge in [-0.05, 0) is 37.8 Å². The second-order valence-corrected chi connectivity index (χ2v) is 7.46. The summed E-state index contributed by atoms with van der Waals surface area (Å²) in [7, 11) is 1.94. The highest BCUT2D eigenvalue weighted by Gasteiger charge is 2.25. The van der Waals surface area contributed by atoms with Crippen LogP contribution in [0.15, 0.2) is 30.6 Å². The molecule has 4 heterocycles. The third-order valence-corrected chi connectivity index (χ3v) is 5.51. The second-order valence-electron chi connectivity index (χ2n) is 7.46. The first-order valence-electron chi connectivity index (χ1n) is 9.52. The highest BCUT2D eigenvalue weighted by Crippen LogP contribution is 2.30. The Balaban J connectivity index is 1.41. The van der Waals surface area contributed by atoms with Crippen LogP contribution in [0.2, 0.25) is 0 Å². The molecule has 1 atom stereocenters. The van der Waals surface area contributed by atoms with E-state index in [1.807, 2.05) is 30.8 Å². The van der Waals surface area contributed by atoms with Crippen molar-refractivity contribution in [3.8, 4) is 0 Å². The number of piperidine rings is 1. The van der Waals surface area contributed by atoms with Gasteiger partial charge in [0.15, 0.2) is 5.65 Å². The molecule has 3 aromatic heterocycles. The molecule has 1 aliphatic rings. The van der Waals surface area contributed by atoms with Crippen LogP contribution in [0.3, 0.4) is 0 Å². The molecule has 7 nitrogen and oxygen atoms in total. The number of aryl methyl sites for hydroxylation is 2. The molecule has 27 heavy (non-hydrogen) atoms. The van der Waals surface area contributed by atoms with E-state index < -0.39 is 0 Å². The Labute approximate surface area is 157 Å². The molecule has 0 radical (unpaired) electrons. The first kappa shape index (κ1) is 16.2. The molecule has 1 fully saturated rings. The Hall–Kier alpha value is -2.96. The monoisotopic (exact) mass is 361 g/mol. The van der Waals surface area contributed by atoms with Gasteiger partial charge in [-0.3, -0.25) is 4.68 Å². The molecule has 1 aromatic carbocycles. The molecule has 0 amide bonds. The van der Waals surface area contributed by atoms with Crippen LogP contribution in [0.25, 0.3) is 22.1 Å². The minimum absolute atomic E-state index is 0.557. The Bertz CT molecular complexity index is 1080. The van der Waals surface area contributed by atoms with Crippen molar-refractivity contribution in [2.24, 2.45) is 13.0 Å². The number of aromatic nitrogens is 6. The summed E-state index contributed by atoms with van der Waals surface area (Å²) in [6, 6.07) is 8.22. The predicted octanol–water partition coefficient (Wildman–Crippen LogP) is 3.01. The summed E-state index contributed by atoms with van der Waals surface area (Å²) in [5.74, 6) is 2.65. The lowest BCUT2D eigenvalue weighted by Gasteiger charge is -2.33. The van der Waals surface area contributed by atoms with Gasteiger partial charge in [0.05, 0.1) is 22.1 Å². The number of fused-ring (bicyclic) bond motifs is 2. The van der Waals surface area contributed by atoms with E-state index in [-0.39, 0.29) is 0 Å². The molecular weight excluding hydrogens is 338 g/mol. The number of benzene rings is 1. The van der Waals surface area contributed by atoms with E-state index in [9.17, 15) is 0 Å². The Morgan fingerprint density at radius 3 is 3.00 bits per heavy atom. The largest absolute Gasteiger partial charge is 0.356 e. The van der Waals surface area contributed by atoms with E-state index in [0.29, 0.717) is 5.92 Å². The minimum Gasteiger partial charge on any atom is -0.356 e. The fraction of sp³-hybridized carbons (Fsp3) is 0.400. The van der Waals surface area contributed by atoms with Crippen LogP contribution in [0.4, 0.5) is 5.82 Å². The maximum absolute atomic E-state index is 4.76. The zero-order chi connectivity index (χ0) is 18.4. The van der Waals surface area contributed by atoms with Crippen molar-refractivity contribution in [3.63, 3.8) is 0 Å². The molecule has 0 aliphatic carbocycles. The van der Waals surface area contributed by atoms with Crippen molar-refractivity contribution in [1.82, 2.24) is 29.7 Å². The zero-order valence-corrected chi connectivity index (χ0v) is 15.7. The molecular formula is C20H23N7. The van der Waals surface area contributed by atoms with Crippen molar-refractivity contribution in [2.75, 3.05) is 18.0 Å². The van der Waals surface area contributed by atoms with Crippen molar-refractivity contribution in [3.05, 3.63) is 42.1 Å². The fourth-order valence-electron chi connectivity index (χ4n) is 4.30. The van der Waals surface area contributed by atoms with Gasteiger partial charge in [0, 0.05) is 26.6 Å². The van der Waals surface area contributed by atoms with Crippen LogP contribution in [-0.2, 0) is 13.5 Å². The second kappa shape index (κ2) is 6.33. The number of hydrogen-bond acceptors (Lipinski definition) is 5. The van der Waals surface area contributed by atoms with Gasteiger partial charge in [-0.2, -0.15) is 5.10 Å². The molecule has 5 rings (SSSR count). The van der Waals surface area contributed by atoms with Gasteiger partial charge in [-0.25, -0.2) is 15.0 Å². The smallest absolute Gasteiger partial charge is 0.163 e. The first-order valence-corrected chi connectivity index (χ1v) is 9.52.